The highest BCUT2D eigenvalue weighted by Crippen LogP contribution is 2.45. The lowest BCUT2D eigenvalue weighted by molar-refractivity contribution is 0.672. The number of para-hydroxylation sites is 1. The molecule has 7 aromatic carbocycles. The fourth-order valence-corrected chi connectivity index (χ4v) is 6.78. The number of rotatable bonds is 3. The minimum atomic E-state index is 0.917. The van der Waals surface area contributed by atoms with Crippen LogP contribution in [-0.2, 0) is 0 Å². The minimum Gasteiger partial charge on any atom is -0.455 e. The largest absolute Gasteiger partial charge is 0.455 e. The third kappa shape index (κ3) is 3.70. The number of hydrogen-bond donors (Lipinski definition) is 0. The van der Waals surface area contributed by atoms with Gasteiger partial charge in [0.05, 0.1) is 0 Å². The molecule has 0 atom stereocenters. The molecule has 2 nitrogen and oxygen atoms in total. The molecular weight excluding hydrogens is 522 g/mol. The molecular formula is C41H25NO. The van der Waals surface area contributed by atoms with Crippen molar-refractivity contribution in [3.05, 3.63) is 152 Å². The minimum absolute atomic E-state index is 0.917. The maximum atomic E-state index is 6.47. The summed E-state index contributed by atoms with van der Waals surface area (Å²) >= 11 is 0. The second kappa shape index (κ2) is 9.40. The van der Waals surface area contributed by atoms with Gasteiger partial charge in [-0.25, -0.2) is 0 Å². The van der Waals surface area contributed by atoms with E-state index in [4.69, 9.17) is 4.42 Å². The molecule has 0 aliphatic carbocycles. The first-order chi connectivity index (χ1) is 21.3. The fraction of sp³-hybridized carbons (Fsp3) is 0. The van der Waals surface area contributed by atoms with Gasteiger partial charge in [-0.05, 0) is 85.1 Å². The molecule has 0 aliphatic rings. The third-order valence-corrected chi connectivity index (χ3v) is 8.73. The van der Waals surface area contributed by atoms with E-state index >= 15 is 0 Å². The normalized spacial score (nSPS) is 11.7. The molecule has 0 spiro atoms. The smallest absolute Gasteiger partial charge is 0.143 e. The summed E-state index contributed by atoms with van der Waals surface area (Å²) in [5.41, 5.74) is 8.98. The second-order valence-corrected chi connectivity index (χ2v) is 11.1. The number of pyridine rings is 1. The Balaban J connectivity index is 1.40. The van der Waals surface area contributed by atoms with Crippen molar-refractivity contribution >= 4 is 54.3 Å². The van der Waals surface area contributed by atoms with Crippen LogP contribution >= 0.6 is 0 Å². The topological polar surface area (TPSA) is 26.0 Å². The van der Waals surface area contributed by atoms with Crippen LogP contribution in [0.5, 0.6) is 0 Å². The summed E-state index contributed by atoms with van der Waals surface area (Å²) in [4.78, 5) is 4.51. The molecule has 0 saturated carbocycles. The Morgan fingerprint density at radius 1 is 0.395 bits per heavy atom. The van der Waals surface area contributed by atoms with E-state index in [1.807, 2.05) is 30.6 Å². The first-order valence-corrected chi connectivity index (χ1v) is 14.6. The van der Waals surface area contributed by atoms with E-state index in [1.165, 1.54) is 54.7 Å². The van der Waals surface area contributed by atoms with Gasteiger partial charge in [0.2, 0.25) is 0 Å². The van der Waals surface area contributed by atoms with Gasteiger partial charge in [-0.2, -0.15) is 0 Å². The van der Waals surface area contributed by atoms with E-state index in [-0.39, 0.29) is 0 Å². The third-order valence-electron chi connectivity index (χ3n) is 8.73. The number of benzene rings is 7. The van der Waals surface area contributed by atoms with Crippen LogP contribution in [0.3, 0.4) is 0 Å². The van der Waals surface area contributed by atoms with Crippen LogP contribution in [0.15, 0.2) is 156 Å². The maximum Gasteiger partial charge on any atom is 0.143 e. The highest BCUT2D eigenvalue weighted by molar-refractivity contribution is 6.23. The number of furan rings is 1. The average molecular weight is 548 g/mol. The van der Waals surface area contributed by atoms with Gasteiger partial charge in [0.25, 0.3) is 0 Å². The molecule has 43 heavy (non-hydrogen) atoms. The summed E-state index contributed by atoms with van der Waals surface area (Å²) in [7, 11) is 0. The Labute approximate surface area is 248 Å². The molecule has 0 unspecified atom stereocenters. The zero-order chi connectivity index (χ0) is 28.3. The van der Waals surface area contributed by atoms with Crippen molar-refractivity contribution in [1.82, 2.24) is 4.98 Å². The number of fused-ring (bicyclic) bond motifs is 7. The van der Waals surface area contributed by atoms with Gasteiger partial charge in [0, 0.05) is 34.1 Å². The summed E-state index contributed by atoms with van der Waals surface area (Å²) < 4.78 is 6.47. The summed E-state index contributed by atoms with van der Waals surface area (Å²) in [6.45, 7) is 0. The van der Waals surface area contributed by atoms with Crippen molar-refractivity contribution in [2.75, 3.05) is 0 Å². The Morgan fingerprint density at radius 3 is 1.84 bits per heavy atom. The van der Waals surface area contributed by atoms with Gasteiger partial charge >= 0.3 is 0 Å². The van der Waals surface area contributed by atoms with Crippen LogP contribution in [0.25, 0.3) is 87.6 Å². The summed E-state index contributed by atoms with van der Waals surface area (Å²) in [5, 5.41) is 9.45. The van der Waals surface area contributed by atoms with Gasteiger partial charge in [-0.1, -0.05) is 109 Å². The molecule has 9 aromatic rings. The predicted molar refractivity (Wildman–Crippen MR) is 180 cm³/mol. The quantitative estimate of drug-likeness (QED) is 0.206. The van der Waals surface area contributed by atoms with E-state index in [0.29, 0.717) is 0 Å². The average Bonchev–Trinajstić information content (AvgIpc) is 3.47. The van der Waals surface area contributed by atoms with Gasteiger partial charge < -0.3 is 4.42 Å². The SMILES string of the molecule is c1ccc(-c2ccc3c(-c4ccc5ccc6c7ccccc7oc6c5c4)c4ccccc4c(-c4cccnc4)c3c2)cc1. The van der Waals surface area contributed by atoms with Crippen LogP contribution in [0, 0.1) is 0 Å². The van der Waals surface area contributed by atoms with E-state index in [9.17, 15) is 0 Å². The maximum absolute atomic E-state index is 6.47. The summed E-state index contributed by atoms with van der Waals surface area (Å²) in [6, 6.07) is 49.9. The number of nitrogens with zero attached hydrogens (tertiary/aromatic N) is 1. The summed E-state index contributed by atoms with van der Waals surface area (Å²) in [5.74, 6) is 0. The molecule has 0 aliphatic heterocycles. The molecule has 0 radical (unpaired) electrons. The van der Waals surface area contributed by atoms with E-state index < -0.39 is 0 Å². The van der Waals surface area contributed by atoms with Gasteiger partial charge in [-0.3, -0.25) is 4.98 Å². The second-order valence-electron chi connectivity index (χ2n) is 11.1. The molecule has 0 fully saturated rings. The van der Waals surface area contributed by atoms with Crippen LogP contribution < -0.4 is 0 Å². The molecule has 0 bridgehead atoms. The number of aromatic nitrogens is 1. The van der Waals surface area contributed by atoms with Crippen molar-refractivity contribution in [2.45, 2.75) is 0 Å². The van der Waals surface area contributed by atoms with Crippen molar-refractivity contribution < 1.29 is 4.42 Å². The van der Waals surface area contributed by atoms with E-state index in [0.717, 1.165) is 32.9 Å². The fourth-order valence-electron chi connectivity index (χ4n) is 6.78. The Hall–Kier alpha value is -5.73. The number of hydrogen-bond acceptors (Lipinski definition) is 2. The van der Waals surface area contributed by atoms with Crippen LogP contribution in [0.1, 0.15) is 0 Å². The highest BCUT2D eigenvalue weighted by Gasteiger charge is 2.19. The Kier molecular flexibility index (Phi) is 5.23. The first kappa shape index (κ1) is 23.9. The monoisotopic (exact) mass is 547 g/mol. The van der Waals surface area contributed by atoms with Crippen molar-refractivity contribution in [2.24, 2.45) is 0 Å². The predicted octanol–water partition coefficient (Wildman–Crippen LogP) is 11.4. The lowest BCUT2D eigenvalue weighted by Crippen LogP contribution is -1.92. The Morgan fingerprint density at radius 2 is 1.02 bits per heavy atom. The molecule has 9 rings (SSSR count). The van der Waals surface area contributed by atoms with E-state index in [2.05, 4.69) is 126 Å². The van der Waals surface area contributed by atoms with Crippen molar-refractivity contribution in [3.63, 3.8) is 0 Å². The van der Waals surface area contributed by atoms with E-state index in [1.54, 1.807) is 0 Å². The lowest BCUT2D eigenvalue weighted by atomic mass is 9.84. The zero-order valence-electron chi connectivity index (χ0n) is 23.3. The molecule has 0 amide bonds. The molecule has 2 aromatic heterocycles. The van der Waals surface area contributed by atoms with Gasteiger partial charge in [-0.15, -0.1) is 0 Å². The molecule has 2 heteroatoms. The molecule has 0 saturated heterocycles. The zero-order valence-corrected chi connectivity index (χ0v) is 23.3. The van der Waals surface area contributed by atoms with Gasteiger partial charge in [0.15, 0.2) is 0 Å². The lowest BCUT2D eigenvalue weighted by Gasteiger charge is -2.19. The highest BCUT2D eigenvalue weighted by atomic mass is 16.3. The molecule has 0 N–H and O–H groups in total. The van der Waals surface area contributed by atoms with Gasteiger partial charge in [0.1, 0.15) is 11.2 Å². The first-order valence-electron chi connectivity index (χ1n) is 14.6. The van der Waals surface area contributed by atoms with Crippen LogP contribution in [-0.4, -0.2) is 4.98 Å². The molecule has 200 valence electrons. The summed E-state index contributed by atoms with van der Waals surface area (Å²) in [6.07, 6.45) is 3.82. The van der Waals surface area contributed by atoms with Crippen LogP contribution in [0.2, 0.25) is 0 Å². The van der Waals surface area contributed by atoms with Crippen molar-refractivity contribution in [3.8, 4) is 33.4 Å². The standard InChI is InChI=1S/C41H25NO/c1-2-9-26(10-3-1)28-19-20-34-37(23-28)40(30-11-8-22-42-25-30)33-14-5-4-13-32(33)39(34)29-17-16-27-18-21-35-31-12-6-7-15-38(31)43-41(35)36(27)24-29/h1-25H. The molecule has 2 heterocycles. The van der Waals surface area contributed by atoms with Crippen LogP contribution in [0.4, 0.5) is 0 Å². The Bertz CT molecular complexity index is 2490. The van der Waals surface area contributed by atoms with Crippen molar-refractivity contribution in [1.29, 1.82) is 0 Å².